The summed E-state index contributed by atoms with van der Waals surface area (Å²) in [6.45, 7) is 0.336. The van der Waals surface area contributed by atoms with Gasteiger partial charge in [0, 0.05) is 16.4 Å². The average Bonchev–Trinajstić information content (AvgIpc) is 2.52. The predicted octanol–water partition coefficient (Wildman–Crippen LogP) is 3.46. The number of pyridine rings is 1. The second-order valence-electron chi connectivity index (χ2n) is 4.12. The zero-order valence-electron chi connectivity index (χ0n) is 11.6. The molecule has 0 unspecified atom stereocenters. The molecule has 0 amide bonds. The average molecular weight is 363 g/mol. The van der Waals surface area contributed by atoms with Crippen molar-refractivity contribution in [3.63, 3.8) is 0 Å². The van der Waals surface area contributed by atoms with Crippen molar-refractivity contribution in [3.8, 4) is 17.6 Å². The van der Waals surface area contributed by atoms with Gasteiger partial charge in [-0.3, -0.25) is 0 Å². The van der Waals surface area contributed by atoms with Gasteiger partial charge in [0.05, 0.1) is 19.2 Å². The summed E-state index contributed by atoms with van der Waals surface area (Å²) in [5, 5.41) is 0.975. The molecule has 0 aliphatic carbocycles. The fraction of sp³-hybridized carbons (Fsp3) is 0.188. The van der Waals surface area contributed by atoms with Crippen LogP contribution in [0.25, 0.3) is 0 Å². The van der Waals surface area contributed by atoms with Gasteiger partial charge in [0.1, 0.15) is 10.8 Å². The third kappa shape index (κ3) is 4.50. The number of benzene rings is 1. The van der Waals surface area contributed by atoms with Crippen molar-refractivity contribution in [1.82, 2.24) is 4.98 Å². The lowest BCUT2D eigenvalue weighted by atomic mass is 10.1. The molecule has 0 radical (unpaired) electrons. The Hall–Kier alpha value is -1.48. The van der Waals surface area contributed by atoms with Crippen molar-refractivity contribution < 1.29 is 4.74 Å². The Morgan fingerprint density at radius 1 is 1.38 bits per heavy atom. The first kappa shape index (κ1) is 15.9. The molecular formula is C16H15BrN2OS. The van der Waals surface area contributed by atoms with Crippen LogP contribution < -0.4 is 10.5 Å². The van der Waals surface area contributed by atoms with Crippen LogP contribution in [0.2, 0.25) is 0 Å². The maximum Gasteiger partial charge on any atom is 0.134 e. The van der Waals surface area contributed by atoms with E-state index in [4.69, 9.17) is 10.5 Å². The number of ether oxygens (including phenoxy) is 1. The van der Waals surface area contributed by atoms with Crippen LogP contribution in [0.1, 0.15) is 11.1 Å². The molecule has 2 rings (SSSR count). The normalized spacial score (nSPS) is 9.86. The fourth-order valence-electron chi connectivity index (χ4n) is 1.72. The molecule has 3 nitrogen and oxygen atoms in total. The summed E-state index contributed by atoms with van der Waals surface area (Å²) < 4.78 is 6.32. The monoisotopic (exact) mass is 362 g/mol. The third-order valence-electron chi connectivity index (χ3n) is 2.69. The zero-order valence-corrected chi connectivity index (χ0v) is 14.0. The molecule has 0 aliphatic rings. The van der Waals surface area contributed by atoms with Gasteiger partial charge in [-0.25, -0.2) is 4.98 Å². The summed E-state index contributed by atoms with van der Waals surface area (Å²) in [4.78, 5) is 4.35. The van der Waals surface area contributed by atoms with E-state index in [0.29, 0.717) is 6.54 Å². The van der Waals surface area contributed by atoms with Gasteiger partial charge in [-0.1, -0.05) is 17.9 Å². The minimum Gasteiger partial charge on any atom is -0.495 e. The molecule has 1 aromatic carbocycles. The molecule has 5 heteroatoms. The van der Waals surface area contributed by atoms with Crippen LogP contribution >= 0.6 is 27.7 Å². The number of rotatable bonds is 4. The second-order valence-corrected chi connectivity index (χ2v) is 5.94. The Morgan fingerprint density at radius 3 is 2.95 bits per heavy atom. The minimum atomic E-state index is 0.336. The van der Waals surface area contributed by atoms with Crippen LogP contribution in [0.3, 0.4) is 0 Å². The van der Waals surface area contributed by atoms with Gasteiger partial charge in [-0.05, 0) is 45.8 Å². The number of halogens is 1. The summed E-state index contributed by atoms with van der Waals surface area (Å²) in [5.41, 5.74) is 7.45. The maximum absolute atomic E-state index is 5.43. The highest BCUT2D eigenvalue weighted by molar-refractivity contribution is 9.10. The van der Waals surface area contributed by atoms with E-state index in [2.05, 4.69) is 32.8 Å². The Kier molecular flexibility index (Phi) is 6.12. The van der Waals surface area contributed by atoms with Gasteiger partial charge >= 0.3 is 0 Å². The third-order valence-corrected chi connectivity index (χ3v) is 4.67. The van der Waals surface area contributed by atoms with Crippen molar-refractivity contribution in [3.05, 3.63) is 52.1 Å². The first-order valence-electron chi connectivity index (χ1n) is 6.33. The Morgan fingerprint density at radius 2 is 2.24 bits per heavy atom. The number of hydrogen-bond acceptors (Lipinski definition) is 4. The van der Waals surface area contributed by atoms with E-state index in [-0.39, 0.29) is 0 Å². The summed E-state index contributed by atoms with van der Waals surface area (Å²) >= 11 is 5.18. The quantitative estimate of drug-likeness (QED) is 0.668. The maximum atomic E-state index is 5.43. The lowest BCUT2D eigenvalue weighted by Crippen LogP contribution is -1.95. The summed E-state index contributed by atoms with van der Waals surface area (Å²) in [6.07, 6.45) is 1.79. The highest BCUT2D eigenvalue weighted by Crippen LogP contribution is 2.29. The van der Waals surface area contributed by atoms with Crippen molar-refractivity contribution in [1.29, 1.82) is 0 Å². The van der Waals surface area contributed by atoms with E-state index in [9.17, 15) is 0 Å². The summed E-state index contributed by atoms with van der Waals surface area (Å²) in [6, 6.07) is 9.90. The molecule has 0 spiro atoms. The first-order chi connectivity index (χ1) is 10.2. The van der Waals surface area contributed by atoms with E-state index >= 15 is 0 Å². The smallest absolute Gasteiger partial charge is 0.134 e. The molecule has 0 bridgehead atoms. The highest BCUT2D eigenvalue weighted by Gasteiger charge is 2.05. The molecule has 108 valence electrons. The van der Waals surface area contributed by atoms with Crippen molar-refractivity contribution in [2.24, 2.45) is 5.73 Å². The van der Waals surface area contributed by atoms with Crippen molar-refractivity contribution in [2.45, 2.75) is 10.8 Å². The van der Waals surface area contributed by atoms with Gasteiger partial charge in [0.25, 0.3) is 0 Å². The number of methoxy groups -OCH3 is 1. The number of thioether (sulfide) groups is 1. The molecule has 0 saturated heterocycles. The molecule has 0 fully saturated rings. The Bertz CT molecular complexity index is 679. The van der Waals surface area contributed by atoms with Gasteiger partial charge in [-0.2, -0.15) is 0 Å². The van der Waals surface area contributed by atoms with Gasteiger partial charge in [0.15, 0.2) is 0 Å². The van der Waals surface area contributed by atoms with Crippen molar-refractivity contribution in [2.75, 3.05) is 13.7 Å². The molecule has 0 aliphatic heterocycles. The Labute approximate surface area is 137 Å². The number of nitrogens with zero attached hydrogens (tertiary/aromatic N) is 1. The topological polar surface area (TPSA) is 48.1 Å². The van der Waals surface area contributed by atoms with Crippen molar-refractivity contribution >= 4 is 27.7 Å². The highest BCUT2D eigenvalue weighted by atomic mass is 79.9. The molecule has 1 heterocycles. The zero-order chi connectivity index (χ0) is 15.1. The lowest BCUT2D eigenvalue weighted by Gasteiger charge is -2.07. The number of nitrogens with two attached hydrogens (primary N) is 1. The van der Waals surface area contributed by atoms with Gasteiger partial charge in [-0.15, -0.1) is 11.8 Å². The predicted molar refractivity (Wildman–Crippen MR) is 90.4 cm³/mol. The van der Waals surface area contributed by atoms with Crippen LogP contribution in [0.5, 0.6) is 5.75 Å². The van der Waals surface area contributed by atoms with Gasteiger partial charge < -0.3 is 10.5 Å². The molecule has 2 aromatic rings. The standard InChI is InChI=1S/C16H15BrN2OS/c1-20-15-7-6-12(10-13(15)4-2-8-18)11-21-16-14(17)5-3-9-19-16/h3,5-7,9-10H,8,11,18H2,1H3. The molecule has 21 heavy (non-hydrogen) atoms. The fourth-order valence-corrected chi connectivity index (χ4v) is 3.14. The second kappa shape index (κ2) is 8.08. The van der Waals surface area contributed by atoms with E-state index in [0.717, 1.165) is 26.6 Å². The Balaban J connectivity index is 2.15. The summed E-state index contributed by atoms with van der Waals surface area (Å²) in [5.74, 6) is 7.48. The lowest BCUT2D eigenvalue weighted by molar-refractivity contribution is 0.413. The number of aromatic nitrogens is 1. The molecular weight excluding hydrogens is 348 g/mol. The molecule has 2 N–H and O–H groups in total. The van der Waals surface area contributed by atoms with E-state index in [1.807, 2.05) is 30.3 Å². The molecule has 1 aromatic heterocycles. The molecule has 0 saturated carbocycles. The van der Waals surface area contributed by atoms with E-state index < -0.39 is 0 Å². The largest absolute Gasteiger partial charge is 0.495 e. The first-order valence-corrected chi connectivity index (χ1v) is 8.11. The van der Waals surface area contributed by atoms with E-state index in [1.54, 1.807) is 25.1 Å². The van der Waals surface area contributed by atoms with Crippen LogP contribution in [-0.2, 0) is 5.75 Å². The van der Waals surface area contributed by atoms with Crippen LogP contribution in [0.15, 0.2) is 46.0 Å². The van der Waals surface area contributed by atoms with E-state index in [1.165, 1.54) is 5.56 Å². The SMILES string of the molecule is COc1ccc(CSc2ncccc2Br)cc1C#CCN. The van der Waals surface area contributed by atoms with Crippen LogP contribution in [0.4, 0.5) is 0 Å². The van der Waals surface area contributed by atoms with Crippen LogP contribution in [0, 0.1) is 11.8 Å². The summed E-state index contributed by atoms with van der Waals surface area (Å²) in [7, 11) is 1.64. The van der Waals surface area contributed by atoms with Crippen LogP contribution in [-0.4, -0.2) is 18.6 Å². The van der Waals surface area contributed by atoms with Gasteiger partial charge in [0.2, 0.25) is 0 Å². The number of hydrogen-bond donors (Lipinski definition) is 1. The molecule has 0 atom stereocenters. The minimum absolute atomic E-state index is 0.336.